The third kappa shape index (κ3) is 4.76. The van der Waals surface area contributed by atoms with E-state index in [0.29, 0.717) is 0 Å². The number of ether oxygens (including phenoxy) is 1. The molecule has 74 valence electrons. The number of hydrogen-bond acceptors (Lipinski definition) is 1. The Morgan fingerprint density at radius 1 is 1.31 bits per heavy atom. The molecule has 0 radical (unpaired) electrons. The lowest BCUT2D eigenvalue weighted by Crippen LogP contribution is -1.96. The SMILES string of the molecule is CCCCCCOC1=CC=CCC1. The Bertz CT molecular complexity index is 180. The van der Waals surface area contributed by atoms with Gasteiger partial charge in [-0.3, -0.25) is 0 Å². The fourth-order valence-corrected chi connectivity index (χ4v) is 1.43. The van der Waals surface area contributed by atoms with Crippen LogP contribution in [0.1, 0.15) is 45.4 Å². The molecule has 1 aliphatic rings. The quantitative estimate of drug-likeness (QED) is 0.565. The van der Waals surface area contributed by atoms with Crippen LogP contribution in [0.15, 0.2) is 24.0 Å². The van der Waals surface area contributed by atoms with Crippen LogP contribution >= 0.6 is 0 Å². The highest BCUT2D eigenvalue weighted by atomic mass is 16.5. The zero-order chi connectivity index (χ0) is 9.36. The normalized spacial score (nSPS) is 15.6. The Hall–Kier alpha value is -0.720. The van der Waals surface area contributed by atoms with E-state index in [4.69, 9.17) is 4.74 Å². The first-order valence-corrected chi connectivity index (χ1v) is 5.42. The van der Waals surface area contributed by atoms with Gasteiger partial charge in [-0.1, -0.05) is 38.3 Å². The van der Waals surface area contributed by atoms with E-state index in [1.807, 2.05) is 0 Å². The molecular formula is C12H20O. The van der Waals surface area contributed by atoms with Crippen molar-refractivity contribution in [3.8, 4) is 0 Å². The van der Waals surface area contributed by atoms with Gasteiger partial charge in [-0.2, -0.15) is 0 Å². The summed E-state index contributed by atoms with van der Waals surface area (Å²) in [7, 11) is 0. The highest BCUT2D eigenvalue weighted by molar-refractivity contribution is 5.12. The molecule has 13 heavy (non-hydrogen) atoms. The summed E-state index contributed by atoms with van der Waals surface area (Å²) in [6, 6.07) is 0. The molecule has 0 aromatic rings. The van der Waals surface area contributed by atoms with Crippen molar-refractivity contribution >= 4 is 0 Å². The summed E-state index contributed by atoms with van der Waals surface area (Å²) in [5.74, 6) is 1.17. The first-order valence-electron chi connectivity index (χ1n) is 5.42. The summed E-state index contributed by atoms with van der Waals surface area (Å²) in [5.41, 5.74) is 0. The van der Waals surface area contributed by atoms with Crippen molar-refractivity contribution < 1.29 is 4.74 Å². The van der Waals surface area contributed by atoms with Crippen LogP contribution in [0.3, 0.4) is 0 Å². The Kier molecular flexibility index (Phi) is 5.39. The van der Waals surface area contributed by atoms with Crippen LogP contribution in [-0.4, -0.2) is 6.61 Å². The minimum atomic E-state index is 0.902. The summed E-state index contributed by atoms with van der Waals surface area (Å²) in [5, 5.41) is 0. The van der Waals surface area contributed by atoms with Crippen molar-refractivity contribution in [2.75, 3.05) is 6.61 Å². The lowest BCUT2D eigenvalue weighted by atomic mass is 10.1. The molecule has 0 atom stereocenters. The van der Waals surface area contributed by atoms with Crippen LogP contribution in [0.5, 0.6) is 0 Å². The molecule has 0 bridgehead atoms. The molecule has 0 aromatic heterocycles. The largest absolute Gasteiger partial charge is 0.498 e. The maximum atomic E-state index is 5.64. The van der Waals surface area contributed by atoms with E-state index in [1.165, 1.54) is 31.4 Å². The maximum absolute atomic E-state index is 5.64. The van der Waals surface area contributed by atoms with E-state index < -0.39 is 0 Å². The zero-order valence-corrected chi connectivity index (χ0v) is 8.59. The predicted octanol–water partition coefficient (Wildman–Crippen LogP) is 3.82. The van der Waals surface area contributed by atoms with Crippen molar-refractivity contribution in [2.24, 2.45) is 0 Å². The number of rotatable bonds is 6. The molecular weight excluding hydrogens is 160 g/mol. The fourth-order valence-electron chi connectivity index (χ4n) is 1.43. The van der Waals surface area contributed by atoms with Gasteiger partial charge in [0, 0.05) is 6.42 Å². The van der Waals surface area contributed by atoms with E-state index >= 15 is 0 Å². The molecule has 0 amide bonds. The van der Waals surface area contributed by atoms with Gasteiger partial charge in [-0.15, -0.1) is 0 Å². The standard InChI is InChI=1S/C12H20O/c1-2-3-4-8-11-13-12-9-6-5-7-10-12/h5-6,9H,2-4,7-8,10-11H2,1H3. The first-order chi connectivity index (χ1) is 6.43. The summed E-state index contributed by atoms with van der Waals surface area (Å²) >= 11 is 0. The van der Waals surface area contributed by atoms with Crippen molar-refractivity contribution in [3.63, 3.8) is 0 Å². The Morgan fingerprint density at radius 3 is 2.92 bits per heavy atom. The molecule has 0 saturated heterocycles. The lowest BCUT2D eigenvalue weighted by molar-refractivity contribution is 0.195. The van der Waals surface area contributed by atoms with Crippen LogP contribution < -0.4 is 0 Å². The molecule has 0 saturated carbocycles. The topological polar surface area (TPSA) is 9.23 Å². The van der Waals surface area contributed by atoms with Gasteiger partial charge < -0.3 is 4.74 Å². The van der Waals surface area contributed by atoms with Gasteiger partial charge in [-0.05, 0) is 18.9 Å². The average molecular weight is 180 g/mol. The van der Waals surface area contributed by atoms with E-state index in [9.17, 15) is 0 Å². The minimum Gasteiger partial charge on any atom is -0.498 e. The Balaban J connectivity index is 1.99. The molecule has 1 heteroatoms. The monoisotopic (exact) mass is 180 g/mol. The average Bonchev–Trinajstić information content (AvgIpc) is 2.19. The molecule has 1 nitrogen and oxygen atoms in total. The van der Waals surface area contributed by atoms with Gasteiger partial charge in [-0.25, -0.2) is 0 Å². The van der Waals surface area contributed by atoms with Gasteiger partial charge >= 0.3 is 0 Å². The molecule has 0 aromatic carbocycles. The minimum absolute atomic E-state index is 0.902. The first kappa shape index (κ1) is 10.4. The van der Waals surface area contributed by atoms with Gasteiger partial charge in [0.25, 0.3) is 0 Å². The Labute approximate surface area is 81.5 Å². The van der Waals surface area contributed by atoms with E-state index in [1.54, 1.807) is 0 Å². The van der Waals surface area contributed by atoms with Crippen molar-refractivity contribution in [3.05, 3.63) is 24.0 Å². The van der Waals surface area contributed by atoms with Crippen LogP contribution in [0.4, 0.5) is 0 Å². The maximum Gasteiger partial charge on any atom is 0.0962 e. The molecule has 1 rings (SSSR count). The summed E-state index contributed by atoms with van der Waals surface area (Å²) in [6.07, 6.45) is 13.7. The van der Waals surface area contributed by atoms with Gasteiger partial charge in [0.15, 0.2) is 0 Å². The smallest absolute Gasteiger partial charge is 0.0962 e. The molecule has 0 unspecified atom stereocenters. The molecule has 0 aliphatic heterocycles. The van der Waals surface area contributed by atoms with Crippen molar-refractivity contribution in [1.29, 1.82) is 0 Å². The van der Waals surface area contributed by atoms with E-state index in [-0.39, 0.29) is 0 Å². The highest BCUT2D eigenvalue weighted by Gasteiger charge is 1.99. The molecule has 0 spiro atoms. The van der Waals surface area contributed by atoms with E-state index in [2.05, 4.69) is 25.2 Å². The van der Waals surface area contributed by atoms with Crippen molar-refractivity contribution in [1.82, 2.24) is 0 Å². The van der Waals surface area contributed by atoms with Gasteiger partial charge in [0.05, 0.1) is 12.4 Å². The lowest BCUT2D eigenvalue weighted by Gasteiger charge is -2.10. The van der Waals surface area contributed by atoms with Crippen LogP contribution in [-0.2, 0) is 4.74 Å². The van der Waals surface area contributed by atoms with Crippen LogP contribution in [0.2, 0.25) is 0 Å². The molecule has 0 N–H and O–H groups in total. The molecule has 0 heterocycles. The number of hydrogen-bond donors (Lipinski definition) is 0. The second-order valence-corrected chi connectivity index (χ2v) is 3.51. The third-order valence-electron chi connectivity index (χ3n) is 2.26. The van der Waals surface area contributed by atoms with Gasteiger partial charge in [0.1, 0.15) is 0 Å². The van der Waals surface area contributed by atoms with E-state index in [0.717, 1.165) is 19.4 Å². The fraction of sp³-hybridized carbons (Fsp3) is 0.667. The van der Waals surface area contributed by atoms with Crippen LogP contribution in [0.25, 0.3) is 0 Å². The van der Waals surface area contributed by atoms with Crippen LogP contribution in [0, 0.1) is 0 Å². The molecule has 0 fully saturated rings. The highest BCUT2D eigenvalue weighted by Crippen LogP contribution is 2.13. The summed E-state index contributed by atoms with van der Waals surface area (Å²) in [6.45, 7) is 3.13. The predicted molar refractivity (Wildman–Crippen MR) is 56.6 cm³/mol. The number of allylic oxidation sites excluding steroid dienone is 4. The summed E-state index contributed by atoms with van der Waals surface area (Å²) < 4.78 is 5.64. The molecule has 1 aliphatic carbocycles. The third-order valence-corrected chi connectivity index (χ3v) is 2.26. The van der Waals surface area contributed by atoms with Crippen molar-refractivity contribution in [2.45, 2.75) is 45.4 Å². The second kappa shape index (κ2) is 6.76. The van der Waals surface area contributed by atoms with Gasteiger partial charge in [0.2, 0.25) is 0 Å². The second-order valence-electron chi connectivity index (χ2n) is 3.51. The summed E-state index contributed by atoms with van der Waals surface area (Å²) in [4.78, 5) is 0. The zero-order valence-electron chi connectivity index (χ0n) is 8.59. The Morgan fingerprint density at radius 2 is 2.23 bits per heavy atom. The number of unbranched alkanes of at least 4 members (excludes halogenated alkanes) is 3.